The van der Waals surface area contributed by atoms with Crippen molar-refractivity contribution in [3.05, 3.63) is 54.3 Å². The zero-order valence-corrected chi connectivity index (χ0v) is 19.0. The second kappa shape index (κ2) is 10.0. The number of rotatable bonds is 7. The first-order valence-corrected chi connectivity index (χ1v) is 11.6. The maximum Gasteiger partial charge on any atom is 0.233 e. The van der Waals surface area contributed by atoms with Crippen LogP contribution >= 0.6 is 11.8 Å². The van der Waals surface area contributed by atoms with Crippen LogP contribution in [-0.2, 0) is 11.3 Å². The highest BCUT2D eigenvalue weighted by Gasteiger charge is 2.24. The number of benzene rings is 2. The Kier molecular flexibility index (Phi) is 6.94. The highest BCUT2D eigenvalue weighted by Crippen LogP contribution is 2.31. The van der Waals surface area contributed by atoms with Gasteiger partial charge in [0, 0.05) is 32.7 Å². The number of amides is 1. The van der Waals surface area contributed by atoms with Crippen LogP contribution in [0.15, 0.2) is 53.7 Å². The van der Waals surface area contributed by atoms with Gasteiger partial charge < -0.3 is 19.1 Å². The summed E-state index contributed by atoms with van der Waals surface area (Å²) in [5, 5.41) is 9.37. The van der Waals surface area contributed by atoms with Crippen molar-refractivity contribution in [1.29, 1.82) is 0 Å². The van der Waals surface area contributed by atoms with Gasteiger partial charge >= 0.3 is 0 Å². The molecule has 9 heteroatoms. The molecule has 1 saturated heterocycles. The van der Waals surface area contributed by atoms with E-state index in [1.807, 2.05) is 51.6 Å². The van der Waals surface area contributed by atoms with E-state index in [-0.39, 0.29) is 17.5 Å². The lowest BCUT2D eigenvalue weighted by Crippen LogP contribution is -2.49. The number of para-hydroxylation sites is 2. The van der Waals surface area contributed by atoms with Gasteiger partial charge in [-0.05, 0) is 31.2 Å². The van der Waals surface area contributed by atoms with Gasteiger partial charge in [-0.2, -0.15) is 0 Å². The van der Waals surface area contributed by atoms with Crippen LogP contribution in [0.2, 0.25) is 0 Å². The fourth-order valence-electron chi connectivity index (χ4n) is 3.83. The molecular weight excluding hydrogens is 429 g/mol. The third kappa shape index (κ3) is 4.57. The van der Waals surface area contributed by atoms with E-state index in [1.165, 1.54) is 17.8 Å². The molecule has 0 spiro atoms. The van der Waals surface area contributed by atoms with Gasteiger partial charge in [-0.3, -0.25) is 4.79 Å². The first-order chi connectivity index (χ1) is 15.6. The molecule has 0 saturated carbocycles. The molecule has 0 bridgehead atoms. The summed E-state index contributed by atoms with van der Waals surface area (Å²) >= 11 is 1.39. The second-order valence-corrected chi connectivity index (χ2v) is 8.30. The first-order valence-electron chi connectivity index (χ1n) is 10.6. The number of hydrogen-bond acceptors (Lipinski definition) is 6. The lowest BCUT2D eigenvalue weighted by atomic mass is 10.2. The highest BCUT2D eigenvalue weighted by atomic mass is 32.2. The van der Waals surface area contributed by atoms with Crippen molar-refractivity contribution in [1.82, 2.24) is 19.7 Å². The van der Waals surface area contributed by atoms with Crippen LogP contribution < -0.4 is 9.64 Å². The summed E-state index contributed by atoms with van der Waals surface area (Å²) in [7, 11) is 1.63. The van der Waals surface area contributed by atoms with Crippen LogP contribution in [0.5, 0.6) is 5.75 Å². The van der Waals surface area contributed by atoms with Crippen molar-refractivity contribution in [2.45, 2.75) is 18.6 Å². The number of piperazine rings is 1. The lowest BCUT2D eigenvalue weighted by Gasteiger charge is -2.36. The molecule has 7 nitrogen and oxygen atoms in total. The van der Waals surface area contributed by atoms with Gasteiger partial charge in [0.25, 0.3) is 0 Å². The third-order valence-corrected chi connectivity index (χ3v) is 6.48. The van der Waals surface area contributed by atoms with Crippen molar-refractivity contribution in [2.24, 2.45) is 0 Å². The van der Waals surface area contributed by atoms with Crippen LogP contribution in [-0.4, -0.2) is 64.6 Å². The summed E-state index contributed by atoms with van der Waals surface area (Å²) in [4.78, 5) is 16.6. The Morgan fingerprint density at radius 3 is 2.50 bits per heavy atom. The van der Waals surface area contributed by atoms with Gasteiger partial charge in [0.15, 0.2) is 11.0 Å². The summed E-state index contributed by atoms with van der Waals surface area (Å²) in [6, 6.07) is 14.4. The van der Waals surface area contributed by atoms with E-state index in [0.717, 1.165) is 17.1 Å². The standard InChI is InChI=1S/C23H26FN5O2S/c1-3-29-22(17-8-4-7-11-20(17)31-2)25-26-23(29)32-16-21(30)28-14-12-27(13-15-28)19-10-6-5-9-18(19)24/h4-11H,3,12-16H2,1-2H3. The maximum atomic E-state index is 14.0. The largest absolute Gasteiger partial charge is 0.496 e. The zero-order valence-electron chi connectivity index (χ0n) is 18.2. The molecule has 0 radical (unpaired) electrons. The third-order valence-electron chi connectivity index (χ3n) is 5.53. The minimum Gasteiger partial charge on any atom is -0.496 e. The summed E-state index contributed by atoms with van der Waals surface area (Å²) in [6.07, 6.45) is 0. The van der Waals surface area contributed by atoms with Crippen molar-refractivity contribution >= 4 is 23.4 Å². The molecule has 1 aromatic heterocycles. The molecule has 1 aliphatic heterocycles. The number of methoxy groups -OCH3 is 1. The molecule has 0 aliphatic carbocycles. The van der Waals surface area contributed by atoms with Crippen molar-refractivity contribution < 1.29 is 13.9 Å². The van der Waals surface area contributed by atoms with Crippen LogP contribution in [0.3, 0.4) is 0 Å². The highest BCUT2D eigenvalue weighted by molar-refractivity contribution is 7.99. The summed E-state index contributed by atoms with van der Waals surface area (Å²) < 4.78 is 21.5. The van der Waals surface area contributed by atoms with Crippen LogP contribution in [0, 0.1) is 5.82 Å². The summed E-state index contributed by atoms with van der Waals surface area (Å²) in [6.45, 7) is 5.07. The van der Waals surface area contributed by atoms with Gasteiger partial charge in [0.1, 0.15) is 11.6 Å². The fourth-order valence-corrected chi connectivity index (χ4v) is 4.74. The fraction of sp³-hybridized carbons (Fsp3) is 0.348. The molecule has 2 aromatic carbocycles. The zero-order chi connectivity index (χ0) is 22.5. The van der Waals surface area contributed by atoms with Crippen molar-refractivity contribution in [2.75, 3.05) is 43.9 Å². The molecule has 1 amide bonds. The first kappa shape index (κ1) is 22.1. The van der Waals surface area contributed by atoms with E-state index in [9.17, 15) is 9.18 Å². The maximum absolute atomic E-state index is 14.0. The van der Waals surface area contributed by atoms with Crippen LogP contribution in [0.1, 0.15) is 6.92 Å². The quantitative estimate of drug-likeness (QED) is 0.508. The number of thioether (sulfide) groups is 1. The molecule has 2 heterocycles. The predicted molar refractivity (Wildman–Crippen MR) is 124 cm³/mol. The van der Waals surface area contributed by atoms with E-state index >= 15 is 0 Å². The Balaban J connectivity index is 1.38. The van der Waals surface area contributed by atoms with E-state index in [4.69, 9.17) is 4.74 Å². The number of carbonyl (C=O) groups excluding carboxylic acids is 1. The number of carbonyl (C=O) groups is 1. The Labute approximate surface area is 191 Å². The molecule has 3 aromatic rings. The van der Waals surface area contributed by atoms with Crippen molar-refractivity contribution in [3.8, 4) is 17.1 Å². The van der Waals surface area contributed by atoms with Gasteiger partial charge in [-0.25, -0.2) is 4.39 Å². The predicted octanol–water partition coefficient (Wildman–Crippen LogP) is 3.55. The van der Waals surface area contributed by atoms with Gasteiger partial charge in [-0.15, -0.1) is 10.2 Å². The molecule has 0 N–H and O–H groups in total. The molecule has 32 heavy (non-hydrogen) atoms. The summed E-state index contributed by atoms with van der Waals surface area (Å²) in [5.74, 6) is 1.55. The van der Waals surface area contributed by atoms with Crippen LogP contribution in [0.25, 0.3) is 11.4 Å². The van der Waals surface area contributed by atoms with Gasteiger partial charge in [0.2, 0.25) is 5.91 Å². The second-order valence-electron chi connectivity index (χ2n) is 7.36. The van der Waals surface area contributed by atoms with Crippen molar-refractivity contribution in [3.63, 3.8) is 0 Å². The van der Waals surface area contributed by atoms with E-state index in [2.05, 4.69) is 10.2 Å². The SMILES string of the molecule is CCn1c(SCC(=O)N2CCN(c3ccccc3F)CC2)nnc1-c1ccccc1OC. The average molecular weight is 456 g/mol. The number of nitrogens with zero attached hydrogens (tertiary/aromatic N) is 5. The molecule has 0 unspecified atom stereocenters. The topological polar surface area (TPSA) is 63.5 Å². The van der Waals surface area contributed by atoms with Gasteiger partial charge in [0.05, 0.1) is 24.1 Å². The molecule has 1 aliphatic rings. The number of ether oxygens (including phenoxy) is 1. The molecule has 4 rings (SSSR count). The van der Waals surface area contributed by atoms with E-state index in [0.29, 0.717) is 43.6 Å². The monoisotopic (exact) mass is 455 g/mol. The minimum absolute atomic E-state index is 0.0488. The normalized spacial score (nSPS) is 14.0. The van der Waals surface area contributed by atoms with Crippen LogP contribution in [0.4, 0.5) is 10.1 Å². The number of hydrogen-bond donors (Lipinski definition) is 0. The Bertz CT molecular complexity index is 1080. The number of anilines is 1. The van der Waals surface area contributed by atoms with E-state index < -0.39 is 0 Å². The average Bonchev–Trinajstić information content (AvgIpc) is 3.25. The Morgan fingerprint density at radius 1 is 1.06 bits per heavy atom. The minimum atomic E-state index is -0.229. The number of halogens is 1. The van der Waals surface area contributed by atoms with E-state index in [1.54, 1.807) is 19.2 Å². The van der Waals surface area contributed by atoms with Gasteiger partial charge in [-0.1, -0.05) is 36.0 Å². The lowest BCUT2D eigenvalue weighted by molar-refractivity contribution is -0.128. The Morgan fingerprint density at radius 2 is 1.78 bits per heavy atom. The Hall–Kier alpha value is -3.07. The summed E-state index contributed by atoms with van der Waals surface area (Å²) in [5.41, 5.74) is 1.46. The molecule has 1 fully saturated rings. The molecule has 0 atom stereocenters. The number of aromatic nitrogens is 3. The smallest absolute Gasteiger partial charge is 0.233 e. The molecule has 168 valence electrons. The molecular formula is C23H26FN5O2S.